The molecule has 0 bridgehead atoms. The summed E-state index contributed by atoms with van der Waals surface area (Å²) in [4.78, 5) is 24.7. The number of aliphatic hydroxyl groups excluding tert-OH is 2. The van der Waals surface area contributed by atoms with Gasteiger partial charge in [0.15, 0.2) is 0 Å². The van der Waals surface area contributed by atoms with Crippen molar-refractivity contribution in [2.45, 2.75) is 533 Å². The molecule has 0 aliphatic heterocycles. The first-order chi connectivity index (χ1) is 48.0. The number of nitrogens with one attached hydrogen (secondary N) is 1. The molecule has 0 rings (SSSR count). The second-order valence-electron chi connectivity index (χ2n) is 31.3. The van der Waals surface area contributed by atoms with Crippen molar-refractivity contribution < 1.29 is 24.5 Å². The summed E-state index contributed by atoms with van der Waals surface area (Å²) in [5.74, 6) is -0.00104. The van der Waals surface area contributed by atoms with E-state index in [1.807, 2.05) is 0 Å². The van der Waals surface area contributed by atoms with E-state index >= 15 is 0 Å². The van der Waals surface area contributed by atoms with Crippen LogP contribution in [0, 0.1) is 0 Å². The number of amides is 1. The van der Waals surface area contributed by atoms with E-state index in [1.54, 1.807) is 0 Å². The Bertz CT molecular complexity index is 1530. The number of carbonyl (C=O) groups is 2. The lowest BCUT2D eigenvalue weighted by molar-refractivity contribution is -0.143. The Morgan fingerprint density at radius 2 is 0.515 bits per heavy atom. The van der Waals surface area contributed by atoms with Gasteiger partial charge in [0.1, 0.15) is 0 Å². The molecule has 6 heteroatoms. The summed E-state index contributed by atoms with van der Waals surface area (Å²) in [6.45, 7) is 5.03. The molecule has 0 aliphatic carbocycles. The van der Waals surface area contributed by atoms with E-state index in [0.717, 1.165) is 44.9 Å². The summed E-state index contributed by atoms with van der Waals surface area (Å²) < 4.78 is 5.52. The highest BCUT2D eigenvalue weighted by atomic mass is 16.5. The van der Waals surface area contributed by atoms with Crippen molar-refractivity contribution in [3.05, 3.63) is 24.3 Å². The molecule has 0 aromatic carbocycles. The summed E-state index contributed by atoms with van der Waals surface area (Å²) >= 11 is 0. The SMILES string of the molecule is CCCCCCCCCCCCCCCCCCCCCCCCCCCC(O)C(CO)NC(=O)CCCCCCCCCCCCCCCCCCC/C=C\C/C=C\CCCCCCCCCCCCCCCOC(=O)CCCCCCCCCCCCCCCCCCCC. The van der Waals surface area contributed by atoms with Gasteiger partial charge in [0.2, 0.25) is 5.91 Å². The van der Waals surface area contributed by atoms with Crippen LogP contribution < -0.4 is 5.32 Å². The van der Waals surface area contributed by atoms with Crippen LogP contribution in [0.2, 0.25) is 0 Å². The maximum atomic E-state index is 12.6. The van der Waals surface area contributed by atoms with Crippen molar-refractivity contribution in [2.24, 2.45) is 0 Å². The number of ether oxygens (including phenoxy) is 1. The van der Waals surface area contributed by atoms with Crippen molar-refractivity contribution in [2.75, 3.05) is 13.2 Å². The van der Waals surface area contributed by atoms with Crippen LogP contribution in [-0.2, 0) is 14.3 Å². The quantitative estimate of drug-likeness (QED) is 0.0320. The molecule has 0 saturated carbocycles. The lowest BCUT2D eigenvalue weighted by Crippen LogP contribution is -2.45. The average Bonchev–Trinajstić information content (AvgIpc) is 2.45. The number of rotatable bonds is 86. The van der Waals surface area contributed by atoms with Gasteiger partial charge in [0.25, 0.3) is 0 Å². The molecule has 0 radical (unpaired) electrons. The minimum Gasteiger partial charge on any atom is -0.466 e. The van der Waals surface area contributed by atoms with Crippen LogP contribution in [0.3, 0.4) is 0 Å². The lowest BCUT2D eigenvalue weighted by atomic mass is 10.0. The minimum absolute atomic E-state index is 0.0246. The molecular weight excluding hydrogens is 1190 g/mol. The van der Waals surface area contributed by atoms with Gasteiger partial charge in [-0.2, -0.15) is 0 Å². The lowest BCUT2D eigenvalue weighted by Gasteiger charge is -2.22. The first-order valence-corrected chi connectivity index (χ1v) is 45.1. The van der Waals surface area contributed by atoms with Gasteiger partial charge in [-0.1, -0.05) is 475 Å². The van der Waals surface area contributed by atoms with E-state index < -0.39 is 12.1 Å². The first-order valence-electron chi connectivity index (χ1n) is 45.1. The summed E-state index contributed by atoms with van der Waals surface area (Å²) in [7, 11) is 0. The molecule has 0 saturated heterocycles. The smallest absolute Gasteiger partial charge is 0.305 e. The summed E-state index contributed by atoms with van der Waals surface area (Å²) in [5, 5.41) is 23.5. The zero-order valence-corrected chi connectivity index (χ0v) is 66.4. The number of esters is 1. The molecule has 0 heterocycles. The molecule has 2 unspecified atom stereocenters. The van der Waals surface area contributed by atoms with Crippen molar-refractivity contribution in [1.82, 2.24) is 5.32 Å². The normalized spacial score (nSPS) is 12.5. The molecule has 3 N–H and O–H groups in total. The van der Waals surface area contributed by atoms with Crippen molar-refractivity contribution >= 4 is 11.9 Å². The van der Waals surface area contributed by atoms with Crippen LogP contribution in [0.15, 0.2) is 24.3 Å². The largest absolute Gasteiger partial charge is 0.466 e. The highest BCUT2D eigenvalue weighted by Gasteiger charge is 2.20. The van der Waals surface area contributed by atoms with Gasteiger partial charge in [-0.15, -0.1) is 0 Å². The molecule has 0 fully saturated rings. The Balaban J connectivity index is 3.35. The van der Waals surface area contributed by atoms with E-state index in [1.165, 1.54) is 443 Å². The van der Waals surface area contributed by atoms with E-state index in [2.05, 4.69) is 43.5 Å². The van der Waals surface area contributed by atoms with Crippen molar-refractivity contribution in [3.8, 4) is 0 Å². The minimum atomic E-state index is -0.664. The number of unbranched alkanes of at least 4 members (excludes halogenated alkanes) is 71. The third-order valence-electron chi connectivity index (χ3n) is 21.5. The number of carbonyl (C=O) groups excluding carboxylic acids is 2. The fraction of sp³-hybridized carbons (Fsp3) is 0.934. The fourth-order valence-corrected chi connectivity index (χ4v) is 14.7. The second kappa shape index (κ2) is 86.7. The number of allylic oxidation sites excluding steroid dienone is 4. The highest BCUT2D eigenvalue weighted by Crippen LogP contribution is 2.21. The van der Waals surface area contributed by atoms with Gasteiger partial charge in [0, 0.05) is 12.8 Å². The molecule has 97 heavy (non-hydrogen) atoms. The van der Waals surface area contributed by atoms with Crippen LogP contribution in [0.5, 0.6) is 0 Å². The molecule has 0 spiro atoms. The predicted molar refractivity (Wildman–Crippen MR) is 430 cm³/mol. The molecular formula is C91H177NO5. The van der Waals surface area contributed by atoms with E-state index in [9.17, 15) is 19.8 Å². The van der Waals surface area contributed by atoms with E-state index in [-0.39, 0.29) is 18.5 Å². The number of hydrogen-bond donors (Lipinski definition) is 3. The zero-order chi connectivity index (χ0) is 69.8. The highest BCUT2D eigenvalue weighted by molar-refractivity contribution is 5.76. The topological polar surface area (TPSA) is 95.9 Å². The molecule has 0 aromatic rings. The van der Waals surface area contributed by atoms with Crippen LogP contribution >= 0.6 is 0 Å². The van der Waals surface area contributed by atoms with Gasteiger partial charge in [-0.05, 0) is 57.8 Å². The van der Waals surface area contributed by atoms with Gasteiger partial charge in [-0.25, -0.2) is 0 Å². The molecule has 1 amide bonds. The van der Waals surface area contributed by atoms with Crippen LogP contribution in [0.1, 0.15) is 521 Å². The molecule has 6 nitrogen and oxygen atoms in total. The Morgan fingerprint density at radius 3 is 0.784 bits per heavy atom. The standard InChI is InChI=1S/C91H177NO5/c1-3-5-7-9-11-13-15-17-19-21-23-24-25-39-42-45-48-51-55-59-63-67-71-75-79-83-89(94)88(87-93)92-90(95)84-80-76-72-68-64-60-56-52-49-46-43-40-37-35-33-31-29-27-26-28-30-32-34-36-38-41-44-47-50-54-58-62-66-70-74-78-82-86-97-91(96)85-81-77-73-69-65-61-57-53-22-20-18-16-14-12-10-8-6-4-2/h26,28,32,34,88-89,93-94H,3-25,27,29-31,33,35-87H2,1-2H3,(H,92,95)/b28-26-,34-32-. The maximum absolute atomic E-state index is 12.6. The molecule has 576 valence electrons. The second-order valence-corrected chi connectivity index (χ2v) is 31.3. The van der Waals surface area contributed by atoms with Gasteiger partial charge in [-0.3, -0.25) is 9.59 Å². The Kier molecular flexibility index (Phi) is 85.3. The summed E-state index contributed by atoms with van der Waals surface area (Å²) in [5.41, 5.74) is 0. The van der Waals surface area contributed by atoms with Gasteiger partial charge in [0.05, 0.1) is 25.4 Å². The Labute approximate surface area is 609 Å². The first kappa shape index (κ1) is 95.3. The Hall–Kier alpha value is -1.66. The van der Waals surface area contributed by atoms with E-state index in [0.29, 0.717) is 25.9 Å². The molecule has 0 aromatic heterocycles. The van der Waals surface area contributed by atoms with Crippen LogP contribution in [0.4, 0.5) is 0 Å². The maximum Gasteiger partial charge on any atom is 0.305 e. The fourth-order valence-electron chi connectivity index (χ4n) is 14.7. The van der Waals surface area contributed by atoms with E-state index in [4.69, 9.17) is 4.74 Å². The molecule has 2 atom stereocenters. The summed E-state index contributed by atoms with van der Waals surface area (Å²) in [6, 6.07) is -0.541. The van der Waals surface area contributed by atoms with Crippen LogP contribution in [0.25, 0.3) is 0 Å². The third kappa shape index (κ3) is 83.2. The van der Waals surface area contributed by atoms with Gasteiger partial charge < -0.3 is 20.3 Å². The van der Waals surface area contributed by atoms with Gasteiger partial charge >= 0.3 is 5.97 Å². The third-order valence-corrected chi connectivity index (χ3v) is 21.5. The monoisotopic (exact) mass is 1360 g/mol. The average molecular weight is 1370 g/mol. The van der Waals surface area contributed by atoms with Crippen molar-refractivity contribution in [1.29, 1.82) is 0 Å². The predicted octanol–water partition coefficient (Wildman–Crippen LogP) is 30.3. The zero-order valence-electron chi connectivity index (χ0n) is 66.4. The van der Waals surface area contributed by atoms with Crippen molar-refractivity contribution in [3.63, 3.8) is 0 Å². The molecule has 0 aliphatic rings. The summed E-state index contributed by atoms with van der Waals surface area (Å²) in [6.07, 6.45) is 113. The number of hydrogen-bond acceptors (Lipinski definition) is 5. The Morgan fingerprint density at radius 1 is 0.289 bits per heavy atom. The number of aliphatic hydroxyl groups is 2. The van der Waals surface area contributed by atoms with Crippen LogP contribution in [-0.4, -0.2) is 47.4 Å².